The molecule has 5 heteroatoms. The highest BCUT2D eigenvalue weighted by Gasteiger charge is 2.16. The number of amides is 1. The van der Waals surface area contributed by atoms with E-state index in [1.807, 2.05) is 31.2 Å². The molecule has 27 heavy (non-hydrogen) atoms. The Bertz CT molecular complexity index is 1100. The van der Waals surface area contributed by atoms with Gasteiger partial charge in [-0.05, 0) is 50.2 Å². The largest absolute Gasteiger partial charge is 0.341 e. The predicted octanol–water partition coefficient (Wildman–Crippen LogP) is 5.33. The summed E-state index contributed by atoms with van der Waals surface area (Å²) in [6.45, 7) is 4.96. The third-order valence-electron chi connectivity index (χ3n) is 4.66. The van der Waals surface area contributed by atoms with E-state index in [0.717, 1.165) is 22.6 Å². The molecule has 2 aromatic heterocycles. The summed E-state index contributed by atoms with van der Waals surface area (Å²) < 4.78 is 2.30. The molecule has 0 fully saturated rings. The highest BCUT2D eigenvalue weighted by molar-refractivity contribution is 8.00. The van der Waals surface area contributed by atoms with Crippen molar-refractivity contribution in [3.05, 3.63) is 66.9 Å². The molecule has 1 amide bonds. The minimum Gasteiger partial charge on any atom is -0.341 e. The number of hydrogen-bond acceptors (Lipinski definition) is 3. The number of aryl methyl sites for hydroxylation is 1. The van der Waals surface area contributed by atoms with E-state index >= 15 is 0 Å². The van der Waals surface area contributed by atoms with Crippen molar-refractivity contribution in [1.29, 1.82) is 0 Å². The Morgan fingerprint density at radius 3 is 2.63 bits per heavy atom. The number of rotatable bonds is 5. The number of fused-ring (bicyclic) bond motifs is 3. The first-order valence-corrected chi connectivity index (χ1v) is 9.95. The fourth-order valence-electron chi connectivity index (χ4n) is 3.37. The maximum absolute atomic E-state index is 12.6. The average molecular weight is 375 g/mol. The van der Waals surface area contributed by atoms with Gasteiger partial charge < -0.3 is 9.88 Å². The standard InChI is InChI=1S/C22H21N3OS/c1-3-25-19-9-5-4-8-17(19)18-14-16(11-12-20(18)25)24-22(26)15(2)27-21-10-6-7-13-23-21/h4-15H,3H2,1-2H3,(H,24,26). The number of carbonyl (C=O) groups is 1. The molecule has 0 spiro atoms. The molecule has 0 saturated heterocycles. The summed E-state index contributed by atoms with van der Waals surface area (Å²) in [5.74, 6) is -0.0239. The van der Waals surface area contributed by atoms with E-state index < -0.39 is 0 Å². The third-order valence-corrected chi connectivity index (χ3v) is 5.71. The molecule has 4 rings (SSSR count). The zero-order valence-electron chi connectivity index (χ0n) is 15.3. The lowest BCUT2D eigenvalue weighted by Crippen LogP contribution is -2.22. The van der Waals surface area contributed by atoms with Gasteiger partial charge in [-0.25, -0.2) is 4.98 Å². The fraction of sp³-hybridized carbons (Fsp3) is 0.182. The lowest BCUT2D eigenvalue weighted by atomic mass is 10.1. The van der Waals surface area contributed by atoms with Gasteiger partial charge in [0, 0.05) is 40.2 Å². The van der Waals surface area contributed by atoms with E-state index in [9.17, 15) is 4.79 Å². The van der Waals surface area contributed by atoms with Crippen LogP contribution < -0.4 is 5.32 Å². The normalized spacial score (nSPS) is 12.4. The Kier molecular flexibility index (Phi) is 4.86. The molecule has 136 valence electrons. The van der Waals surface area contributed by atoms with Crippen LogP contribution in [0.1, 0.15) is 13.8 Å². The van der Waals surface area contributed by atoms with Crippen LogP contribution in [0, 0.1) is 0 Å². The van der Waals surface area contributed by atoms with Gasteiger partial charge in [-0.1, -0.05) is 36.0 Å². The fourth-order valence-corrected chi connectivity index (χ4v) is 4.17. The molecule has 0 aliphatic rings. The molecular weight excluding hydrogens is 354 g/mol. The Morgan fingerprint density at radius 1 is 1.07 bits per heavy atom. The summed E-state index contributed by atoms with van der Waals surface area (Å²) in [5.41, 5.74) is 3.23. The van der Waals surface area contributed by atoms with Crippen molar-refractivity contribution >= 4 is 45.2 Å². The van der Waals surface area contributed by atoms with Gasteiger partial charge >= 0.3 is 0 Å². The van der Waals surface area contributed by atoms with Crippen LogP contribution in [0.3, 0.4) is 0 Å². The van der Waals surface area contributed by atoms with E-state index in [1.165, 1.54) is 28.2 Å². The van der Waals surface area contributed by atoms with E-state index in [0.29, 0.717) is 0 Å². The molecule has 1 N–H and O–H groups in total. The van der Waals surface area contributed by atoms with Gasteiger partial charge in [-0.3, -0.25) is 4.79 Å². The number of para-hydroxylation sites is 1. The summed E-state index contributed by atoms with van der Waals surface area (Å²) in [4.78, 5) is 16.9. The first-order chi connectivity index (χ1) is 13.2. The van der Waals surface area contributed by atoms with Gasteiger partial charge in [-0.15, -0.1) is 0 Å². The molecule has 0 radical (unpaired) electrons. The molecule has 1 atom stereocenters. The second-order valence-corrected chi connectivity index (χ2v) is 7.77. The van der Waals surface area contributed by atoms with Crippen molar-refractivity contribution in [3.63, 3.8) is 0 Å². The molecule has 2 heterocycles. The van der Waals surface area contributed by atoms with Crippen molar-refractivity contribution in [2.75, 3.05) is 5.32 Å². The Hall–Kier alpha value is -2.79. The van der Waals surface area contributed by atoms with Crippen LogP contribution in [-0.4, -0.2) is 20.7 Å². The van der Waals surface area contributed by atoms with Crippen LogP contribution in [0.25, 0.3) is 21.8 Å². The lowest BCUT2D eigenvalue weighted by molar-refractivity contribution is -0.115. The van der Waals surface area contributed by atoms with Crippen LogP contribution >= 0.6 is 11.8 Å². The smallest absolute Gasteiger partial charge is 0.237 e. The van der Waals surface area contributed by atoms with Gasteiger partial charge in [-0.2, -0.15) is 0 Å². The topological polar surface area (TPSA) is 46.9 Å². The molecule has 2 aromatic carbocycles. The van der Waals surface area contributed by atoms with Crippen LogP contribution in [0.15, 0.2) is 71.9 Å². The second kappa shape index (κ2) is 7.45. The van der Waals surface area contributed by atoms with Crippen LogP contribution in [0.5, 0.6) is 0 Å². The Labute approximate surface area is 162 Å². The molecule has 0 bridgehead atoms. The number of aromatic nitrogens is 2. The zero-order valence-corrected chi connectivity index (χ0v) is 16.2. The van der Waals surface area contributed by atoms with Crippen molar-refractivity contribution in [2.24, 2.45) is 0 Å². The molecule has 0 saturated carbocycles. The van der Waals surface area contributed by atoms with Gasteiger partial charge in [0.05, 0.1) is 10.3 Å². The van der Waals surface area contributed by atoms with E-state index in [1.54, 1.807) is 6.20 Å². The summed E-state index contributed by atoms with van der Waals surface area (Å²) in [7, 11) is 0. The number of nitrogens with one attached hydrogen (secondary N) is 1. The summed E-state index contributed by atoms with van der Waals surface area (Å²) >= 11 is 1.46. The highest BCUT2D eigenvalue weighted by atomic mass is 32.2. The number of carbonyl (C=O) groups excluding carboxylic acids is 1. The van der Waals surface area contributed by atoms with Gasteiger partial charge in [0.1, 0.15) is 0 Å². The quantitative estimate of drug-likeness (QED) is 0.480. The maximum atomic E-state index is 12.6. The lowest BCUT2D eigenvalue weighted by Gasteiger charge is -2.12. The van der Waals surface area contributed by atoms with Gasteiger partial charge in [0.15, 0.2) is 0 Å². The van der Waals surface area contributed by atoms with Crippen LogP contribution in [-0.2, 0) is 11.3 Å². The number of anilines is 1. The van der Waals surface area contributed by atoms with Gasteiger partial charge in [0.2, 0.25) is 5.91 Å². The van der Waals surface area contributed by atoms with Crippen LogP contribution in [0.2, 0.25) is 0 Å². The monoisotopic (exact) mass is 375 g/mol. The molecule has 4 nitrogen and oxygen atoms in total. The highest BCUT2D eigenvalue weighted by Crippen LogP contribution is 2.31. The molecule has 0 aliphatic heterocycles. The zero-order chi connectivity index (χ0) is 18.8. The summed E-state index contributed by atoms with van der Waals surface area (Å²) in [5, 5.41) is 6.04. The molecular formula is C22H21N3OS. The number of thioether (sulfide) groups is 1. The van der Waals surface area contributed by atoms with Gasteiger partial charge in [0.25, 0.3) is 0 Å². The van der Waals surface area contributed by atoms with Crippen molar-refractivity contribution in [3.8, 4) is 0 Å². The van der Waals surface area contributed by atoms with Crippen molar-refractivity contribution in [2.45, 2.75) is 30.7 Å². The molecule has 1 unspecified atom stereocenters. The Morgan fingerprint density at radius 2 is 1.85 bits per heavy atom. The van der Waals surface area contributed by atoms with Crippen molar-refractivity contribution in [1.82, 2.24) is 9.55 Å². The maximum Gasteiger partial charge on any atom is 0.237 e. The SMILES string of the molecule is CCn1c2ccccc2c2cc(NC(=O)C(C)Sc3ccccn3)ccc21. The number of nitrogens with zero attached hydrogens (tertiary/aromatic N) is 2. The average Bonchev–Trinajstić information content (AvgIpc) is 3.02. The Balaban J connectivity index is 1.61. The van der Waals surface area contributed by atoms with E-state index in [-0.39, 0.29) is 11.2 Å². The van der Waals surface area contributed by atoms with Crippen molar-refractivity contribution < 1.29 is 4.79 Å². The predicted molar refractivity (Wildman–Crippen MR) is 113 cm³/mol. The van der Waals surface area contributed by atoms with E-state index in [4.69, 9.17) is 0 Å². The summed E-state index contributed by atoms with van der Waals surface area (Å²) in [6.07, 6.45) is 1.74. The minimum atomic E-state index is -0.229. The number of pyridine rings is 1. The first-order valence-electron chi connectivity index (χ1n) is 9.07. The van der Waals surface area contributed by atoms with E-state index in [2.05, 4.69) is 58.2 Å². The second-order valence-electron chi connectivity index (χ2n) is 6.41. The number of hydrogen-bond donors (Lipinski definition) is 1. The third kappa shape index (κ3) is 3.43. The molecule has 0 aliphatic carbocycles. The summed E-state index contributed by atoms with van der Waals surface area (Å²) in [6, 6.07) is 20.2. The minimum absolute atomic E-state index is 0.0239. The van der Waals surface area contributed by atoms with Crippen LogP contribution in [0.4, 0.5) is 5.69 Å². The number of benzene rings is 2. The molecule has 4 aromatic rings. The first kappa shape index (κ1) is 17.6.